The van der Waals surface area contributed by atoms with Crippen LogP contribution in [-0.4, -0.2) is 17.9 Å². The van der Waals surface area contributed by atoms with Crippen molar-refractivity contribution in [2.75, 3.05) is 5.65 Å². The summed E-state index contributed by atoms with van der Waals surface area (Å²) in [5.41, 5.74) is -0.658. The first-order valence-electron chi connectivity index (χ1n) is 3.28. The second-order valence-corrected chi connectivity index (χ2v) is 3.73. The van der Waals surface area contributed by atoms with Crippen molar-refractivity contribution in [2.24, 2.45) is 0 Å². The summed E-state index contributed by atoms with van der Waals surface area (Å²) in [7, 11) is 0. The van der Waals surface area contributed by atoms with Gasteiger partial charge >= 0.3 is 6.98 Å². The molecule has 0 radical (unpaired) electrons. The second-order valence-electron chi connectivity index (χ2n) is 2.26. The van der Waals surface area contributed by atoms with E-state index >= 15 is 0 Å². The Balaban J connectivity index is 3.36. The Labute approximate surface area is 63.6 Å². The minimum Gasteiger partial charge on any atom is -0.448 e. The van der Waals surface area contributed by atoms with E-state index in [1.807, 2.05) is 13.8 Å². The molecule has 0 saturated carbocycles. The van der Waals surface area contributed by atoms with Crippen LogP contribution in [0.5, 0.6) is 0 Å². The van der Waals surface area contributed by atoms with E-state index < -0.39 is 12.6 Å². The van der Waals surface area contributed by atoms with Crippen molar-refractivity contribution in [3.05, 3.63) is 0 Å². The first-order chi connectivity index (χ1) is 4.45. The topological polar surface area (TPSA) is 0 Å². The summed E-state index contributed by atoms with van der Waals surface area (Å²) in [4.78, 5) is 0. The van der Waals surface area contributed by atoms with Gasteiger partial charge in [-0.15, -0.1) is 0 Å². The summed E-state index contributed by atoms with van der Waals surface area (Å²) in [5.74, 6) is 0. The fraction of sp³-hybridized carbons (Fsp3) is 1.00. The van der Waals surface area contributed by atoms with Crippen molar-refractivity contribution < 1.29 is 12.9 Å². The second kappa shape index (κ2) is 4.16. The molecule has 0 nitrogen and oxygen atoms in total. The molecule has 10 heavy (non-hydrogen) atoms. The fourth-order valence-corrected chi connectivity index (χ4v) is 1.17. The van der Waals surface area contributed by atoms with Gasteiger partial charge in [0.25, 0.3) is 0 Å². The number of thioether (sulfide) groups is 1. The number of halogens is 3. The van der Waals surface area contributed by atoms with Gasteiger partial charge in [-0.3, -0.25) is 0 Å². The van der Waals surface area contributed by atoms with E-state index in [1.54, 1.807) is 0 Å². The Morgan fingerprint density at radius 2 is 1.90 bits per heavy atom. The standard InChI is InChI=1S/C5H11BF3S/c1-3-5(2)10-4-6(7,8)9/h5H,3-4H2,1-2H3/q-1. The van der Waals surface area contributed by atoms with Crippen molar-refractivity contribution in [1.82, 2.24) is 0 Å². The summed E-state index contributed by atoms with van der Waals surface area (Å²) in [5, 5.41) is 0.128. The molecule has 0 heterocycles. The zero-order chi connectivity index (χ0) is 8.20. The van der Waals surface area contributed by atoms with Gasteiger partial charge in [0.05, 0.1) is 0 Å². The van der Waals surface area contributed by atoms with E-state index in [9.17, 15) is 12.9 Å². The minimum atomic E-state index is -4.58. The van der Waals surface area contributed by atoms with E-state index in [2.05, 4.69) is 0 Å². The summed E-state index contributed by atoms with van der Waals surface area (Å²) in [6.45, 7) is -0.874. The average molecular weight is 171 g/mol. The van der Waals surface area contributed by atoms with Gasteiger partial charge in [-0.2, -0.15) is 11.8 Å². The highest BCUT2D eigenvalue weighted by Crippen LogP contribution is 2.21. The van der Waals surface area contributed by atoms with Crippen molar-refractivity contribution >= 4 is 18.7 Å². The third kappa shape index (κ3) is 6.33. The van der Waals surface area contributed by atoms with Gasteiger partial charge in [-0.25, -0.2) is 0 Å². The molecule has 0 aliphatic heterocycles. The first kappa shape index (κ1) is 10.2. The van der Waals surface area contributed by atoms with Crippen LogP contribution in [0.3, 0.4) is 0 Å². The zero-order valence-electron chi connectivity index (χ0n) is 6.11. The molecular formula is C5H11BF3S-. The maximum atomic E-state index is 11.6. The lowest BCUT2D eigenvalue weighted by Gasteiger charge is -2.15. The lowest BCUT2D eigenvalue weighted by molar-refractivity contribution is 0.485. The van der Waals surface area contributed by atoms with Crippen LogP contribution >= 0.6 is 11.8 Å². The molecule has 1 unspecified atom stereocenters. The van der Waals surface area contributed by atoms with E-state index in [0.717, 1.165) is 18.2 Å². The van der Waals surface area contributed by atoms with Gasteiger partial charge in [-0.1, -0.05) is 13.8 Å². The number of rotatable bonds is 4. The van der Waals surface area contributed by atoms with Gasteiger partial charge in [0.2, 0.25) is 0 Å². The fourth-order valence-electron chi connectivity index (χ4n) is 0.391. The number of hydrogen-bond acceptors (Lipinski definition) is 1. The number of hydrogen-bond donors (Lipinski definition) is 0. The quantitative estimate of drug-likeness (QED) is 0.586. The molecule has 0 spiro atoms. The molecule has 0 aromatic rings. The van der Waals surface area contributed by atoms with Gasteiger partial charge in [0, 0.05) is 0 Å². The third-order valence-corrected chi connectivity index (χ3v) is 2.62. The van der Waals surface area contributed by atoms with Crippen LogP contribution in [0.4, 0.5) is 12.9 Å². The summed E-state index contributed by atoms with van der Waals surface area (Å²) in [6.07, 6.45) is 0.802. The Hall–Kier alpha value is 0.205. The van der Waals surface area contributed by atoms with Crippen LogP contribution in [-0.2, 0) is 0 Å². The monoisotopic (exact) mass is 171 g/mol. The van der Waals surface area contributed by atoms with Gasteiger partial charge in [0.15, 0.2) is 0 Å². The maximum Gasteiger partial charge on any atom is 0.488 e. The lowest BCUT2D eigenvalue weighted by atomic mass is 9.98. The molecule has 0 rings (SSSR count). The highest BCUT2D eigenvalue weighted by atomic mass is 32.2. The SMILES string of the molecule is CCC(C)SC[B-](F)(F)F. The predicted octanol–water partition coefficient (Wildman–Crippen LogP) is 2.90. The minimum absolute atomic E-state index is 0.128. The normalized spacial score (nSPS) is 15.3. The molecule has 1 atom stereocenters. The molecule has 0 aliphatic rings. The Morgan fingerprint density at radius 3 is 2.20 bits per heavy atom. The highest BCUT2D eigenvalue weighted by Gasteiger charge is 2.23. The molecule has 0 amide bonds. The Morgan fingerprint density at radius 1 is 1.40 bits per heavy atom. The predicted molar refractivity (Wildman–Crippen MR) is 41.3 cm³/mol. The van der Waals surface area contributed by atoms with Crippen molar-refractivity contribution in [2.45, 2.75) is 25.5 Å². The summed E-state index contributed by atoms with van der Waals surface area (Å²) >= 11 is 0.986. The largest absolute Gasteiger partial charge is 0.488 e. The van der Waals surface area contributed by atoms with Crippen LogP contribution in [0.15, 0.2) is 0 Å². The Kier molecular flexibility index (Phi) is 4.25. The van der Waals surface area contributed by atoms with E-state index in [1.165, 1.54) is 0 Å². The van der Waals surface area contributed by atoms with Gasteiger partial charge in [-0.05, 0) is 17.3 Å². The zero-order valence-corrected chi connectivity index (χ0v) is 6.93. The molecule has 0 saturated heterocycles. The molecule has 0 bridgehead atoms. The van der Waals surface area contributed by atoms with E-state index in [4.69, 9.17) is 0 Å². The molecular weight excluding hydrogens is 160 g/mol. The summed E-state index contributed by atoms with van der Waals surface area (Å²) < 4.78 is 34.8. The smallest absolute Gasteiger partial charge is 0.448 e. The maximum absolute atomic E-state index is 11.6. The van der Waals surface area contributed by atoms with Crippen LogP contribution < -0.4 is 0 Å². The molecule has 62 valence electrons. The van der Waals surface area contributed by atoms with E-state index in [0.29, 0.717) is 0 Å². The molecule has 0 N–H and O–H groups in total. The molecule has 5 heteroatoms. The van der Waals surface area contributed by atoms with Crippen molar-refractivity contribution in [1.29, 1.82) is 0 Å². The van der Waals surface area contributed by atoms with Crippen LogP contribution in [0.25, 0.3) is 0 Å². The summed E-state index contributed by atoms with van der Waals surface area (Å²) in [6, 6.07) is 0. The third-order valence-electron chi connectivity index (χ3n) is 1.14. The van der Waals surface area contributed by atoms with Gasteiger partial charge in [0.1, 0.15) is 0 Å². The molecule has 0 aromatic carbocycles. The lowest BCUT2D eigenvalue weighted by Crippen LogP contribution is -2.20. The average Bonchev–Trinajstić information content (AvgIpc) is 1.81. The van der Waals surface area contributed by atoms with Crippen LogP contribution in [0.1, 0.15) is 20.3 Å². The molecule has 0 aromatic heterocycles. The van der Waals surface area contributed by atoms with Crippen molar-refractivity contribution in [3.63, 3.8) is 0 Å². The Bertz CT molecular complexity index is 93.4. The first-order valence-corrected chi connectivity index (χ1v) is 4.33. The van der Waals surface area contributed by atoms with Crippen molar-refractivity contribution in [3.8, 4) is 0 Å². The van der Waals surface area contributed by atoms with E-state index in [-0.39, 0.29) is 5.25 Å². The molecule has 0 fully saturated rings. The highest BCUT2D eigenvalue weighted by molar-refractivity contribution is 8.01. The molecule has 0 aliphatic carbocycles. The van der Waals surface area contributed by atoms with Crippen LogP contribution in [0.2, 0.25) is 0 Å². The van der Waals surface area contributed by atoms with Gasteiger partial charge < -0.3 is 12.9 Å². The van der Waals surface area contributed by atoms with Crippen LogP contribution in [0, 0.1) is 0 Å².